The molecule has 14 nitrogen and oxygen atoms in total. The molecular weight excluding hydrogens is 642 g/mol. The van der Waals surface area contributed by atoms with Gasteiger partial charge < -0.3 is 26.4 Å². The number of aliphatic hydroxyl groups is 1. The number of benzene rings is 2. The van der Waals surface area contributed by atoms with Crippen molar-refractivity contribution < 1.29 is 29.0 Å². The molecule has 0 saturated heterocycles. The van der Waals surface area contributed by atoms with Gasteiger partial charge in [-0.2, -0.15) is 0 Å². The first-order valence-electron chi connectivity index (χ1n) is 18.0. The van der Waals surface area contributed by atoms with Crippen molar-refractivity contribution in [3.05, 3.63) is 58.1 Å². The molecule has 3 amide bonds. The zero-order chi connectivity index (χ0) is 36.1. The highest BCUT2D eigenvalue weighted by Crippen LogP contribution is 2.29. The summed E-state index contributed by atoms with van der Waals surface area (Å²) in [5, 5.41) is 40.4. The molecule has 0 fully saturated rings. The summed E-state index contributed by atoms with van der Waals surface area (Å²) >= 11 is 0. The number of non-ortho nitro benzene ring substituents is 1. The average molecular weight is 696 g/mol. The third kappa shape index (κ3) is 13.7. The Bertz CT molecular complexity index is 1480. The number of aromatic nitrogens is 2. The Morgan fingerprint density at radius 2 is 1.46 bits per heavy atom. The van der Waals surface area contributed by atoms with Crippen LogP contribution in [0.4, 0.5) is 11.4 Å². The predicted molar refractivity (Wildman–Crippen MR) is 191 cm³/mol. The molecular formula is C36H53N7O7. The highest BCUT2D eigenvalue weighted by Gasteiger charge is 2.27. The third-order valence-corrected chi connectivity index (χ3v) is 8.67. The van der Waals surface area contributed by atoms with E-state index in [-0.39, 0.29) is 34.7 Å². The van der Waals surface area contributed by atoms with Gasteiger partial charge in [0.2, 0.25) is 23.6 Å². The fourth-order valence-corrected chi connectivity index (χ4v) is 5.73. The second-order valence-corrected chi connectivity index (χ2v) is 12.7. The number of amides is 3. The van der Waals surface area contributed by atoms with Crippen LogP contribution in [0.3, 0.4) is 0 Å². The maximum Gasteiger partial charge on any atom is 0.300 e. The maximum absolute atomic E-state index is 13.4. The van der Waals surface area contributed by atoms with Crippen molar-refractivity contribution in [1.29, 1.82) is 0 Å². The molecule has 50 heavy (non-hydrogen) atoms. The van der Waals surface area contributed by atoms with Crippen molar-refractivity contribution in [3.8, 4) is 0 Å². The van der Waals surface area contributed by atoms with Crippen molar-refractivity contribution in [2.45, 2.75) is 128 Å². The summed E-state index contributed by atoms with van der Waals surface area (Å²) in [6.45, 7) is 4.42. The van der Waals surface area contributed by atoms with Gasteiger partial charge in [0.15, 0.2) is 5.52 Å². The van der Waals surface area contributed by atoms with E-state index in [9.17, 15) is 29.6 Å². The van der Waals surface area contributed by atoms with Crippen LogP contribution in [0.25, 0.3) is 11.0 Å². The van der Waals surface area contributed by atoms with Crippen LogP contribution in [0.1, 0.15) is 122 Å². The summed E-state index contributed by atoms with van der Waals surface area (Å²) in [4.78, 5) is 49.3. The number of unbranched alkanes of at least 4 members (excludes halogenated alkanes) is 11. The van der Waals surface area contributed by atoms with Gasteiger partial charge in [0.25, 0.3) is 5.91 Å². The number of carbonyl (C=O) groups is 3. The Labute approximate surface area is 293 Å². The van der Waals surface area contributed by atoms with Crippen molar-refractivity contribution in [2.75, 3.05) is 11.9 Å². The molecule has 3 unspecified atom stereocenters. The van der Waals surface area contributed by atoms with E-state index < -0.39 is 35.0 Å². The zero-order valence-electron chi connectivity index (χ0n) is 29.3. The fraction of sp³-hybridized carbons (Fsp3) is 0.583. The van der Waals surface area contributed by atoms with Crippen LogP contribution in [0.2, 0.25) is 0 Å². The van der Waals surface area contributed by atoms with Crippen molar-refractivity contribution in [3.63, 3.8) is 0 Å². The van der Waals surface area contributed by atoms with Gasteiger partial charge in [0, 0.05) is 19.0 Å². The number of anilines is 1. The smallest absolute Gasteiger partial charge is 0.300 e. The highest BCUT2D eigenvalue weighted by atomic mass is 16.6. The number of nitrogens with one attached hydrogen (secondary N) is 4. The number of hydrogen-bond acceptors (Lipinski definition) is 10. The molecule has 0 aliphatic carbocycles. The van der Waals surface area contributed by atoms with Crippen LogP contribution in [0.5, 0.6) is 0 Å². The van der Waals surface area contributed by atoms with Crippen molar-refractivity contribution >= 4 is 40.1 Å². The van der Waals surface area contributed by atoms with Crippen molar-refractivity contribution in [2.24, 2.45) is 0 Å². The molecule has 14 heteroatoms. The Balaban J connectivity index is 1.47. The first kappa shape index (κ1) is 39.8. The Hall–Kier alpha value is -4.59. The molecule has 3 rings (SSSR count). The maximum atomic E-state index is 13.4. The second kappa shape index (κ2) is 22.2. The van der Waals surface area contributed by atoms with Gasteiger partial charge >= 0.3 is 5.69 Å². The first-order chi connectivity index (χ1) is 24.2. The molecule has 0 radical (unpaired) electrons. The van der Waals surface area contributed by atoms with Gasteiger partial charge in [0.05, 0.1) is 16.7 Å². The van der Waals surface area contributed by atoms with Gasteiger partial charge in [-0.1, -0.05) is 101 Å². The number of aliphatic hydroxyl groups excluding tert-OH is 1. The van der Waals surface area contributed by atoms with Crippen molar-refractivity contribution in [1.82, 2.24) is 26.3 Å². The number of rotatable bonds is 25. The summed E-state index contributed by atoms with van der Waals surface area (Å²) in [7, 11) is 0. The molecule has 3 aromatic rings. The van der Waals surface area contributed by atoms with Gasteiger partial charge in [-0.25, -0.2) is 4.63 Å². The number of nitro benzene ring substituents is 1. The van der Waals surface area contributed by atoms with E-state index in [1.165, 1.54) is 63.5 Å². The third-order valence-electron chi connectivity index (χ3n) is 8.67. The molecule has 3 atom stereocenters. The largest absolute Gasteiger partial charge is 0.372 e. The van der Waals surface area contributed by atoms with Gasteiger partial charge in [0.1, 0.15) is 6.04 Å². The molecule has 274 valence electrons. The van der Waals surface area contributed by atoms with Gasteiger partial charge in [-0.05, 0) is 54.6 Å². The van der Waals surface area contributed by atoms with Crippen LogP contribution in [0.15, 0.2) is 47.1 Å². The summed E-state index contributed by atoms with van der Waals surface area (Å²) in [6.07, 6.45) is 13.4. The molecule has 0 spiro atoms. The Morgan fingerprint density at radius 3 is 2.12 bits per heavy atom. The SMILES string of the molecule is CCCCCCCCCCCCCC(=O)NCCCCC(Nc1ccc([N+](=O)[O-])c2nonc12)C(=O)NC(O)C(=O)NC(C)c1ccccc1. The molecule has 0 bridgehead atoms. The summed E-state index contributed by atoms with van der Waals surface area (Å²) in [5.41, 5.74) is 0.740. The lowest BCUT2D eigenvalue weighted by Gasteiger charge is -2.22. The first-order valence-corrected chi connectivity index (χ1v) is 18.0. The van der Waals surface area contributed by atoms with Gasteiger partial charge in [-0.15, -0.1) is 0 Å². The number of nitrogens with zero attached hydrogens (tertiary/aromatic N) is 3. The lowest BCUT2D eigenvalue weighted by Crippen LogP contribution is -2.51. The molecule has 0 saturated carbocycles. The Morgan fingerprint density at radius 1 is 0.820 bits per heavy atom. The number of nitro groups is 1. The normalized spacial score (nSPS) is 12.9. The monoisotopic (exact) mass is 695 g/mol. The lowest BCUT2D eigenvalue weighted by atomic mass is 10.1. The molecule has 1 aromatic heterocycles. The Kier molecular flexibility index (Phi) is 17.7. The van der Waals surface area contributed by atoms with Gasteiger partial charge in [-0.3, -0.25) is 24.5 Å². The summed E-state index contributed by atoms with van der Waals surface area (Å²) < 4.78 is 4.74. The second-order valence-electron chi connectivity index (χ2n) is 12.7. The molecule has 0 aliphatic heterocycles. The van der Waals surface area contributed by atoms with Crippen LogP contribution >= 0.6 is 0 Å². The minimum Gasteiger partial charge on any atom is -0.372 e. The van der Waals surface area contributed by atoms with Crippen LogP contribution in [0, 0.1) is 10.1 Å². The minimum absolute atomic E-state index is 0.000915. The van der Waals surface area contributed by atoms with E-state index in [1.54, 1.807) is 6.92 Å². The lowest BCUT2D eigenvalue weighted by molar-refractivity contribution is -0.383. The fourth-order valence-electron chi connectivity index (χ4n) is 5.73. The van der Waals surface area contributed by atoms with E-state index in [0.717, 1.165) is 24.8 Å². The summed E-state index contributed by atoms with van der Waals surface area (Å²) in [6, 6.07) is 10.4. The quantitative estimate of drug-likeness (QED) is 0.0294. The summed E-state index contributed by atoms with van der Waals surface area (Å²) in [5.74, 6) is -1.46. The van der Waals surface area contributed by atoms with Crippen LogP contribution < -0.4 is 21.3 Å². The molecule has 0 aliphatic rings. The number of fused-ring (bicyclic) bond motifs is 1. The predicted octanol–water partition coefficient (Wildman–Crippen LogP) is 6.21. The van der Waals surface area contributed by atoms with E-state index >= 15 is 0 Å². The highest BCUT2D eigenvalue weighted by molar-refractivity contribution is 5.96. The number of hydrogen-bond donors (Lipinski definition) is 5. The minimum atomic E-state index is -1.83. The van der Waals surface area contributed by atoms with Crippen LogP contribution in [-0.4, -0.2) is 56.9 Å². The number of carbonyl (C=O) groups excluding carboxylic acids is 3. The standard InChI is InChI=1S/C36H53N7O7/c1-3-4-5-6-7-8-9-10-11-12-16-22-31(44)37-25-18-17-21-29(39-28-23-24-30(43(48)49)33-32(28)41-50-42-33)34(45)40-36(47)35(46)38-26(2)27-19-14-13-15-20-27/h13-15,19-20,23-24,26,29,36,39,47H,3-12,16-18,21-22,25H2,1-2H3,(H,37,44)(H,38,46)(H,40,45). The van der Waals surface area contributed by atoms with E-state index in [0.29, 0.717) is 25.8 Å². The molecule has 5 N–H and O–H groups in total. The van der Waals surface area contributed by atoms with Crippen LogP contribution in [-0.2, 0) is 14.4 Å². The topological polar surface area (TPSA) is 202 Å². The van der Waals surface area contributed by atoms with E-state index in [2.05, 4.69) is 38.5 Å². The zero-order valence-corrected chi connectivity index (χ0v) is 29.3. The molecule has 1 heterocycles. The molecule has 2 aromatic carbocycles. The average Bonchev–Trinajstić information content (AvgIpc) is 3.60. The van der Waals surface area contributed by atoms with E-state index in [4.69, 9.17) is 4.63 Å². The van der Waals surface area contributed by atoms with E-state index in [1.807, 2.05) is 30.3 Å².